The Kier molecular flexibility index (Phi) is 15.4. The van der Waals surface area contributed by atoms with Crippen LogP contribution in [0.25, 0.3) is 0 Å². The van der Waals surface area contributed by atoms with E-state index in [1.54, 1.807) is 19.0 Å². The molecule has 0 spiro atoms. The van der Waals surface area contributed by atoms with E-state index in [0.717, 1.165) is 68.4 Å². The zero-order chi connectivity index (χ0) is 40.6. The predicted octanol–water partition coefficient (Wildman–Crippen LogP) is 5.36. The van der Waals surface area contributed by atoms with E-state index in [9.17, 15) is 29.1 Å². The second kappa shape index (κ2) is 20.2. The van der Waals surface area contributed by atoms with Crippen molar-refractivity contribution in [3.05, 3.63) is 58.7 Å². The number of aromatic hydroxyl groups is 1. The first-order valence-corrected chi connectivity index (χ1v) is 20.6. The third-order valence-electron chi connectivity index (χ3n) is 12.3. The van der Waals surface area contributed by atoms with Crippen LogP contribution in [0.2, 0.25) is 0 Å². The van der Waals surface area contributed by atoms with E-state index in [0.29, 0.717) is 75.1 Å². The molecule has 0 aliphatic carbocycles. The van der Waals surface area contributed by atoms with Crippen LogP contribution in [0.3, 0.4) is 0 Å². The molecular formula is C44H64N6O8. The van der Waals surface area contributed by atoms with Gasteiger partial charge in [0.2, 0.25) is 0 Å². The Morgan fingerprint density at radius 2 is 1.48 bits per heavy atom. The summed E-state index contributed by atoms with van der Waals surface area (Å²) in [6.45, 7) is 7.86. The number of esters is 1. The molecule has 0 saturated carbocycles. The highest BCUT2D eigenvalue weighted by atomic mass is 16.6. The average molecular weight is 805 g/mol. The van der Waals surface area contributed by atoms with Gasteiger partial charge in [-0.25, -0.2) is 9.59 Å². The fraction of sp³-hybridized carbons (Fsp3) is 0.614. The van der Waals surface area contributed by atoms with Crippen molar-refractivity contribution in [2.45, 2.75) is 104 Å². The lowest BCUT2D eigenvalue weighted by molar-refractivity contribution is -0.151. The van der Waals surface area contributed by atoms with Gasteiger partial charge in [0.25, 0.3) is 11.8 Å². The van der Waals surface area contributed by atoms with Crippen LogP contribution in [0, 0.1) is 19.8 Å². The number of anilines is 1. The minimum Gasteiger partial charge on any atom is -0.507 e. The number of benzene rings is 2. The molecule has 14 heteroatoms. The highest BCUT2D eigenvalue weighted by molar-refractivity contribution is 5.91. The number of phenolic OH excluding ortho intramolecular Hbond substituents is 1. The summed E-state index contributed by atoms with van der Waals surface area (Å²) in [4.78, 5) is 74.2. The summed E-state index contributed by atoms with van der Waals surface area (Å²) in [5.74, 6) is -0.132. The van der Waals surface area contributed by atoms with Gasteiger partial charge in [0.1, 0.15) is 5.75 Å². The van der Waals surface area contributed by atoms with Gasteiger partial charge in [-0.05, 0) is 113 Å². The summed E-state index contributed by atoms with van der Waals surface area (Å²) in [5.41, 5.74) is 4.17. The van der Waals surface area contributed by atoms with E-state index >= 15 is 0 Å². The van der Waals surface area contributed by atoms with E-state index in [1.807, 2.05) is 60.0 Å². The van der Waals surface area contributed by atoms with Crippen molar-refractivity contribution >= 4 is 35.6 Å². The van der Waals surface area contributed by atoms with Crippen LogP contribution < -0.4 is 5.32 Å². The van der Waals surface area contributed by atoms with E-state index in [-0.39, 0.29) is 56.1 Å². The molecule has 14 nitrogen and oxygen atoms in total. The van der Waals surface area contributed by atoms with E-state index in [1.165, 1.54) is 4.90 Å². The Morgan fingerprint density at radius 1 is 0.862 bits per heavy atom. The maximum Gasteiger partial charge on any atom is 0.410 e. The number of para-hydroxylation sites is 1. The number of amides is 5. The number of likely N-dealkylation sites (tertiary alicyclic amines) is 3. The van der Waals surface area contributed by atoms with Crippen LogP contribution in [-0.2, 0) is 36.7 Å². The molecule has 4 aliphatic rings. The Morgan fingerprint density at radius 3 is 2.14 bits per heavy atom. The van der Waals surface area contributed by atoms with Crippen LogP contribution >= 0.6 is 0 Å². The molecule has 1 atom stereocenters. The fourth-order valence-electron chi connectivity index (χ4n) is 8.78. The number of rotatable bonds is 11. The number of hydrogen-bond acceptors (Lipinski definition) is 9. The number of nitrogens with one attached hydrogen (secondary N) is 1. The molecule has 0 aromatic heterocycles. The maximum absolute atomic E-state index is 14.2. The third-order valence-corrected chi connectivity index (χ3v) is 12.3. The summed E-state index contributed by atoms with van der Waals surface area (Å²) < 4.78 is 11.2. The molecule has 6 rings (SSSR count). The molecule has 0 unspecified atom stereocenters. The number of urea groups is 1. The van der Waals surface area contributed by atoms with Crippen molar-refractivity contribution in [3.8, 4) is 5.75 Å². The van der Waals surface area contributed by atoms with Crippen molar-refractivity contribution in [3.63, 3.8) is 0 Å². The molecule has 4 heterocycles. The number of nitrogens with zero attached hydrogens (tertiary/aromatic N) is 5. The van der Waals surface area contributed by atoms with Crippen LogP contribution in [0.5, 0.6) is 5.75 Å². The smallest absolute Gasteiger partial charge is 0.410 e. The number of carbonyl (C=O) groups excluding carboxylic acids is 5. The largest absolute Gasteiger partial charge is 0.507 e. The molecule has 2 aromatic carbocycles. The molecule has 2 N–H and O–H groups in total. The van der Waals surface area contributed by atoms with Gasteiger partial charge in [0, 0.05) is 77.4 Å². The number of fused-ring (bicyclic) bond motifs is 1. The van der Waals surface area contributed by atoms with Crippen molar-refractivity contribution in [1.29, 1.82) is 0 Å². The van der Waals surface area contributed by atoms with Gasteiger partial charge in [0.05, 0.1) is 0 Å². The molecule has 4 aliphatic heterocycles. The van der Waals surface area contributed by atoms with Gasteiger partial charge < -0.3 is 44.4 Å². The van der Waals surface area contributed by atoms with Gasteiger partial charge >= 0.3 is 18.1 Å². The van der Waals surface area contributed by atoms with Crippen LogP contribution in [0.15, 0.2) is 36.4 Å². The standard InChI is InChI=1S/C43H60N6O8.CH4/c1-29-25-32(26-30(2)40(29)52)27-37(57-43(55)48-22-16-35(17-23-48)49-24-13-33-7-5-6-8-36(33)44-42(49)54)41(53)47-20-14-34(15-21-47)46-18-11-31(12-19-46)9-10-39(51)56-28-38(50)45(3)4;/h5-8,25-26,31,34-35,37,52H,9-24,27-28H2,1-4H3,(H,44,54);1H4/t37-;/m1./s1. The van der Waals surface area contributed by atoms with Gasteiger partial charge in [0.15, 0.2) is 12.7 Å². The highest BCUT2D eigenvalue weighted by Crippen LogP contribution is 2.29. The average Bonchev–Trinajstić information content (AvgIpc) is 3.38. The summed E-state index contributed by atoms with van der Waals surface area (Å²) in [7, 11) is 3.26. The molecule has 0 bridgehead atoms. The summed E-state index contributed by atoms with van der Waals surface area (Å²) in [6, 6.07) is 11.8. The molecule has 318 valence electrons. The normalized spacial score (nSPS) is 19.0. The molecule has 3 fully saturated rings. The number of aryl methyl sites for hydroxylation is 2. The maximum atomic E-state index is 14.2. The molecule has 58 heavy (non-hydrogen) atoms. The first-order chi connectivity index (χ1) is 27.4. The summed E-state index contributed by atoms with van der Waals surface area (Å²) in [6.07, 6.45) is 5.33. The minimum absolute atomic E-state index is 0. The molecule has 5 amide bonds. The lowest BCUT2D eigenvalue weighted by atomic mass is 9.90. The number of phenols is 1. The Hall–Kier alpha value is -4.85. The SMILES string of the molecule is C.Cc1cc(C[C@@H](OC(=O)N2CCC(N3CCc4ccccc4NC3=O)CC2)C(=O)N2CCC(N3CCC(CCC(=O)OCC(=O)N(C)C)CC3)CC2)cc(C)c1O. The van der Waals surface area contributed by atoms with Gasteiger partial charge in [-0.15, -0.1) is 0 Å². The second-order valence-electron chi connectivity index (χ2n) is 16.4. The Balaban J connectivity index is 0.00000641. The van der Waals surface area contributed by atoms with E-state index < -0.39 is 12.2 Å². The van der Waals surface area contributed by atoms with Crippen molar-refractivity contribution in [2.24, 2.45) is 5.92 Å². The van der Waals surface area contributed by atoms with Gasteiger partial charge in [-0.2, -0.15) is 0 Å². The molecule has 2 aromatic rings. The first kappa shape index (κ1) is 44.3. The van der Waals surface area contributed by atoms with Crippen molar-refractivity contribution < 1.29 is 38.6 Å². The quantitative estimate of drug-likeness (QED) is 0.286. The summed E-state index contributed by atoms with van der Waals surface area (Å²) >= 11 is 0. The number of ether oxygens (including phenoxy) is 2. The zero-order valence-corrected chi connectivity index (χ0v) is 34.0. The van der Waals surface area contributed by atoms with Crippen LogP contribution in [0.1, 0.15) is 81.0 Å². The number of piperidine rings is 3. The molecular weight excluding hydrogens is 741 g/mol. The van der Waals surface area contributed by atoms with Gasteiger partial charge in [-0.3, -0.25) is 14.4 Å². The molecule has 0 radical (unpaired) electrons. The first-order valence-electron chi connectivity index (χ1n) is 20.6. The Bertz CT molecular complexity index is 1740. The van der Waals surface area contributed by atoms with E-state index in [4.69, 9.17) is 9.47 Å². The van der Waals surface area contributed by atoms with Crippen molar-refractivity contribution in [1.82, 2.24) is 24.5 Å². The fourth-order valence-corrected chi connectivity index (χ4v) is 8.78. The molecule has 3 saturated heterocycles. The third kappa shape index (κ3) is 11.2. The number of likely N-dealkylation sites (N-methyl/N-ethyl adjacent to an activating group) is 1. The topological polar surface area (TPSA) is 152 Å². The number of hydrogen-bond donors (Lipinski definition) is 2. The van der Waals surface area contributed by atoms with Crippen LogP contribution in [-0.4, -0.2) is 144 Å². The van der Waals surface area contributed by atoms with Crippen molar-refractivity contribution in [2.75, 3.05) is 71.8 Å². The van der Waals surface area contributed by atoms with E-state index in [2.05, 4.69) is 10.2 Å². The lowest BCUT2D eigenvalue weighted by Crippen LogP contribution is -2.53. The predicted molar refractivity (Wildman–Crippen MR) is 222 cm³/mol. The lowest BCUT2D eigenvalue weighted by Gasteiger charge is -2.42. The van der Waals surface area contributed by atoms with Gasteiger partial charge in [-0.1, -0.05) is 37.8 Å². The minimum atomic E-state index is -1.02. The second-order valence-corrected chi connectivity index (χ2v) is 16.4. The zero-order valence-electron chi connectivity index (χ0n) is 34.0. The number of carbonyl (C=O) groups is 5. The Labute approximate surface area is 343 Å². The van der Waals surface area contributed by atoms with Crippen LogP contribution in [0.4, 0.5) is 15.3 Å². The highest BCUT2D eigenvalue weighted by Gasteiger charge is 2.37. The monoisotopic (exact) mass is 804 g/mol. The summed E-state index contributed by atoms with van der Waals surface area (Å²) in [5, 5.41) is 13.4.